The molecule has 19 heavy (non-hydrogen) atoms. The van der Waals surface area contributed by atoms with Crippen LogP contribution in [0.1, 0.15) is 5.56 Å². The smallest absolute Gasteiger partial charge is 0.332 e. The zero-order valence-electron chi connectivity index (χ0n) is 10.1. The van der Waals surface area contributed by atoms with Crippen molar-refractivity contribution in [1.29, 1.82) is 0 Å². The normalized spacial score (nSPS) is 10.7. The Balaban J connectivity index is 2.12. The minimum Gasteiger partial charge on any atom is -0.344 e. The molecule has 0 atom stereocenters. The minimum atomic E-state index is -0.667. The highest BCUT2D eigenvalue weighted by Crippen LogP contribution is 2.04. The van der Waals surface area contributed by atoms with E-state index in [0.717, 1.165) is 5.56 Å². The van der Waals surface area contributed by atoms with Gasteiger partial charge in [0.05, 0.1) is 11.1 Å². The molecule has 0 aliphatic carbocycles. The average molecular weight is 256 g/mol. The van der Waals surface area contributed by atoms with Gasteiger partial charge >= 0.3 is 5.69 Å². The van der Waals surface area contributed by atoms with E-state index >= 15 is 0 Å². The predicted molar refractivity (Wildman–Crippen MR) is 72.8 cm³/mol. The number of hydrogen-bond acceptors (Lipinski definition) is 3. The van der Waals surface area contributed by atoms with Crippen LogP contribution >= 0.6 is 0 Å². The average Bonchev–Trinajstić information content (AvgIpc) is 2.41. The van der Waals surface area contributed by atoms with Crippen LogP contribution in [0.15, 0.2) is 59.7 Å². The number of allylic oxidation sites excluding steroid dienone is 1. The van der Waals surface area contributed by atoms with Gasteiger partial charge in [-0.15, -0.1) is 0 Å². The van der Waals surface area contributed by atoms with Crippen LogP contribution in [0, 0.1) is 10.1 Å². The predicted octanol–water partition coefficient (Wildman–Crippen LogP) is 2.47. The van der Waals surface area contributed by atoms with Crippen molar-refractivity contribution in [3.05, 3.63) is 80.8 Å². The third-order valence-corrected chi connectivity index (χ3v) is 2.58. The maximum atomic E-state index is 11.2. The molecular weight excluding hydrogens is 244 g/mol. The van der Waals surface area contributed by atoms with E-state index in [9.17, 15) is 14.9 Å². The van der Waals surface area contributed by atoms with Gasteiger partial charge in [0.1, 0.15) is 0 Å². The van der Waals surface area contributed by atoms with Gasteiger partial charge in [-0.3, -0.25) is 14.9 Å². The molecule has 1 aromatic carbocycles. The van der Waals surface area contributed by atoms with E-state index < -0.39 is 16.0 Å². The molecule has 0 aliphatic rings. The molecule has 0 unspecified atom stereocenters. The molecule has 2 rings (SSSR count). The summed E-state index contributed by atoms with van der Waals surface area (Å²) in [6.07, 6.45) is 6.58. The van der Waals surface area contributed by atoms with Crippen LogP contribution in [-0.4, -0.2) is 9.49 Å². The lowest BCUT2D eigenvalue weighted by molar-refractivity contribution is -0.386. The SMILES string of the molecule is O=c1ccn(CC=Cc2ccccc2)cc1[N+](=O)[O-]. The van der Waals surface area contributed by atoms with Crippen LogP contribution in [0.5, 0.6) is 0 Å². The molecule has 0 fully saturated rings. The standard InChI is InChI=1S/C14H12N2O3/c17-14-8-10-15(11-13(14)16(18)19)9-4-7-12-5-2-1-3-6-12/h1-8,10-11H,9H2. The number of benzene rings is 1. The molecule has 1 aromatic heterocycles. The molecule has 5 nitrogen and oxygen atoms in total. The van der Waals surface area contributed by atoms with E-state index in [0.29, 0.717) is 6.54 Å². The van der Waals surface area contributed by atoms with Crippen LogP contribution in [0.25, 0.3) is 6.08 Å². The number of pyridine rings is 1. The van der Waals surface area contributed by atoms with Crippen molar-refractivity contribution in [1.82, 2.24) is 4.57 Å². The first kappa shape index (κ1) is 12.8. The number of rotatable bonds is 4. The fourth-order valence-electron chi connectivity index (χ4n) is 1.64. The van der Waals surface area contributed by atoms with Gasteiger partial charge in [0.15, 0.2) is 0 Å². The summed E-state index contributed by atoms with van der Waals surface area (Å²) in [7, 11) is 0. The van der Waals surface area contributed by atoms with Gasteiger partial charge in [0, 0.05) is 18.8 Å². The van der Waals surface area contributed by atoms with Crippen molar-refractivity contribution in [2.45, 2.75) is 6.54 Å². The summed E-state index contributed by atoms with van der Waals surface area (Å²) in [6, 6.07) is 10.9. The van der Waals surface area contributed by atoms with Gasteiger partial charge in [-0.2, -0.15) is 0 Å². The molecule has 1 heterocycles. The summed E-state index contributed by atoms with van der Waals surface area (Å²) in [5.41, 5.74) is 0.0712. The third-order valence-electron chi connectivity index (χ3n) is 2.58. The van der Waals surface area contributed by atoms with Gasteiger partial charge < -0.3 is 4.57 Å². The molecule has 2 aromatic rings. The Kier molecular flexibility index (Phi) is 3.87. The molecule has 0 aliphatic heterocycles. The molecule has 0 radical (unpaired) electrons. The number of nitrogens with zero attached hydrogens (tertiary/aromatic N) is 2. The Morgan fingerprint density at radius 1 is 1.21 bits per heavy atom. The van der Waals surface area contributed by atoms with Crippen LogP contribution in [0.4, 0.5) is 5.69 Å². The topological polar surface area (TPSA) is 65.1 Å². The minimum absolute atomic E-state index is 0.407. The highest BCUT2D eigenvalue weighted by molar-refractivity contribution is 5.48. The lowest BCUT2D eigenvalue weighted by Gasteiger charge is -2.01. The summed E-state index contributed by atoms with van der Waals surface area (Å²) in [5, 5.41) is 10.6. The highest BCUT2D eigenvalue weighted by atomic mass is 16.6. The molecule has 0 spiro atoms. The summed E-state index contributed by atoms with van der Waals surface area (Å²) in [6.45, 7) is 0.468. The lowest BCUT2D eigenvalue weighted by Crippen LogP contribution is -2.10. The Hall–Kier alpha value is -2.69. The Bertz CT molecular complexity index is 660. The lowest BCUT2D eigenvalue weighted by atomic mass is 10.2. The zero-order chi connectivity index (χ0) is 13.7. The second-order valence-corrected chi connectivity index (χ2v) is 3.96. The van der Waals surface area contributed by atoms with E-state index in [2.05, 4.69) is 0 Å². The van der Waals surface area contributed by atoms with Gasteiger partial charge in [-0.25, -0.2) is 0 Å². The van der Waals surface area contributed by atoms with Gasteiger partial charge in [0.25, 0.3) is 5.43 Å². The Labute approximate surface area is 109 Å². The Morgan fingerprint density at radius 3 is 2.63 bits per heavy atom. The first-order chi connectivity index (χ1) is 9.16. The van der Waals surface area contributed by atoms with Crippen molar-refractivity contribution in [2.24, 2.45) is 0 Å². The summed E-state index contributed by atoms with van der Waals surface area (Å²) < 4.78 is 1.60. The fraction of sp³-hybridized carbons (Fsp3) is 0.0714. The molecule has 5 heteroatoms. The van der Waals surface area contributed by atoms with Crippen LogP contribution < -0.4 is 5.43 Å². The maximum Gasteiger partial charge on any atom is 0.332 e. The van der Waals surface area contributed by atoms with E-state index in [-0.39, 0.29) is 0 Å². The van der Waals surface area contributed by atoms with Gasteiger partial charge in [-0.1, -0.05) is 42.5 Å². The fourth-order valence-corrected chi connectivity index (χ4v) is 1.64. The van der Waals surface area contributed by atoms with E-state index in [1.807, 2.05) is 42.5 Å². The summed E-state index contributed by atoms with van der Waals surface area (Å²) in [5.74, 6) is 0. The van der Waals surface area contributed by atoms with Crippen molar-refractivity contribution in [3.63, 3.8) is 0 Å². The van der Waals surface area contributed by atoms with Crippen molar-refractivity contribution >= 4 is 11.8 Å². The van der Waals surface area contributed by atoms with Crippen LogP contribution in [-0.2, 0) is 6.54 Å². The van der Waals surface area contributed by atoms with Gasteiger partial charge in [0.2, 0.25) is 0 Å². The van der Waals surface area contributed by atoms with Crippen molar-refractivity contribution < 1.29 is 4.92 Å². The molecule has 0 bridgehead atoms. The van der Waals surface area contributed by atoms with Crippen molar-refractivity contribution in [3.8, 4) is 0 Å². The van der Waals surface area contributed by atoms with Crippen LogP contribution in [0.3, 0.4) is 0 Å². The molecule has 96 valence electrons. The van der Waals surface area contributed by atoms with Gasteiger partial charge in [-0.05, 0) is 5.56 Å². The van der Waals surface area contributed by atoms with Crippen molar-refractivity contribution in [2.75, 3.05) is 0 Å². The quantitative estimate of drug-likeness (QED) is 0.623. The molecule has 0 saturated heterocycles. The van der Waals surface area contributed by atoms with E-state index in [1.165, 1.54) is 18.5 Å². The zero-order valence-corrected chi connectivity index (χ0v) is 10.1. The molecule has 0 amide bonds. The largest absolute Gasteiger partial charge is 0.344 e. The first-order valence-corrected chi connectivity index (χ1v) is 5.73. The van der Waals surface area contributed by atoms with Crippen LogP contribution in [0.2, 0.25) is 0 Å². The highest BCUT2D eigenvalue weighted by Gasteiger charge is 2.10. The Morgan fingerprint density at radius 2 is 1.95 bits per heavy atom. The molecular formula is C14H12N2O3. The number of nitro groups is 1. The monoisotopic (exact) mass is 256 g/mol. The third kappa shape index (κ3) is 3.38. The van der Waals surface area contributed by atoms with E-state index in [1.54, 1.807) is 4.57 Å². The first-order valence-electron chi connectivity index (χ1n) is 5.73. The summed E-state index contributed by atoms with van der Waals surface area (Å²) >= 11 is 0. The number of aromatic nitrogens is 1. The molecule has 0 saturated carbocycles. The maximum absolute atomic E-state index is 11.2. The second-order valence-electron chi connectivity index (χ2n) is 3.96. The molecule has 0 N–H and O–H groups in total. The van der Waals surface area contributed by atoms with E-state index in [4.69, 9.17) is 0 Å². The second kappa shape index (κ2) is 5.77. The summed E-state index contributed by atoms with van der Waals surface area (Å²) in [4.78, 5) is 21.2. The number of hydrogen-bond donors (Lipinski definition) is 0.